The Balaban J connectivity index is 2.19. The van der Waals surface area contributed by atoms with Crippen LogP contribution in [0.2, 0.25) is 0 Å². The van der Waals surface area contributed by atoms with Gasteiger partial charge in [0.15, 0.2) is 5.78 Å². The molecule has 1 N–H and O–H groups in total. The van der Waals surface area contributed by atoms with Crippen LogP contribution in [0.5, 0.6) is 0 Å². The Kier molecular flexibility index (Phi) is 0.623. The number of Topliss-reactive ketones (excluding diaryl/α,β-unsaturated/α-hetero) is 1. The summed E-state index contributed by atoms with van der Waals surface area (Å²) in [5.74, 6) is 0.0579. The van der Waals surface area contributed by atoms with Crippen molar-refractivity contribution >= 4 is 5.78 Å². The molecular formula is C5H6O3. The minimum absolute atomic E-state index is 0.0579. The maximum Gasteiger partial charge on any atom is 0.167 e. The molecule has 3 heteroatoms. The van der Waals surface area contributed by atoms with Gasteiger partial charge in [0.05, 0.1) is 6.10 Å². The standard InChI is InChI=1S/C5H6O3/c6-2-1-3(7)5-4(2)8-5/h2,4-6H,1H2/t2-,4-,5+/m1/s1. The Labute approximate surface area is 46.3 Å². The maximum atomic E-state index is 10.5. The summed E-state index contributed by atoms with van der Waals surface area (Å²) in [5.41, 5.74) is 0. The zero-order chi connectivity index (χ0) is 5.72. The average Bonchev–Trinajstić information content (AvgIpc) is 2.35. The lowest BCUT2D eigenvalue weighted by atomic mass is 10.3. The summed E-state index contributed by atoms with van der Waals surface area (Å²) in [6.45, 7) is 0. The molecule has 0 spiro atoms. The molecule has 0 radical (unpaired) electrons. The van der Waals surface area contributed by atoms with E-state index in [1.54, 1.807) is 0 Å². The third kappa shape index (κ3) is 0.381. The predicted octanol–water partition coefficient (Wildman–Crippen LogP) is -0.913. The third-order valence-corrected chi connectivity index (χ3v) is 1.63. The second-order valence-corrected chi connectivity index (χ2v) is 2.26. The molecule has 3 atom stereocenters. The molecule has 1 aliphatic heterocycles. The molecule has 2 rings (SSSR count). The van der Waals surface area contributed by atoms with Gasteiger partial charge in [0.25, 0.3) is 0 Å². The fourth-order valence-electron chi connectivity index (χ4n) is 1.11. The van der Waals surface area contributed by atoms with E-state index in [0.717, 1.165) is 0 Å². The van der Waals surface area contributed by atoms with Crippen LogP contribution in [-0.4, -0.2) is 29.2 Å². The van der Waals surface area contributed by atoms with Crippen molar-refractivity contribution in [1.29, 1.82) is 0 Å². The highest BCUT2D eigenvalue weighted by molar-refractivity contribution is 5.89. The van der Waals surface area contributed by atoms with Crippen LogP contribution in [0.15, 0.2) is 0 Å². The van der Waals surface area contributed by atoms with Crippen molar-refractivity contribution in [3.05, 3.63) is 0 Å². The summed E-state index contributed by atoms with van der Waals surface area (Å²) >= 11 is 0. The van der Waals surface area contributed by atoms with E-state index < -0.39 is 6.10 Å². The lowest BCUT2D eigenvalue weighted by molar-refractivity contribution is -0.121. The lowest BCUT2D eigenvalue weighted by Gasteiger charge is -1.95. The van der Waals surface area contributed by atoms with E-state index in [2.05, 4.69) is 0 Å². The molecule has 2 fully saturated rings. The van der Waals surface area contributed by atoms with E-state index in [-0.39, 0.29) is 18.0 Å². The number of aliphatic hydroxyl groups is 1. The lowest BCUT2D eigenvalue weighted by Crippen LogP contribution is -2.10. The van der Waals surface area contributed by atoms with Crippen LogP contribution in [0.25, 0.3) is 0 Å². The van der Waals surface area contributed by atoms with E-state index >= 15 is 0 Å². The molecule has 0 amide bonds. The molecule has 44 valence electrons. The summed E-state index contributed by atoms with van der Waals surface area (Å²) in [5, 5.41) is 8.86. The fourth-order valence-corrected chi connectivity index (χ4v) is 1.11. The number of ketones is 1. The molecule has 2 aliphatic rings. The summed E-state index contributed by atoms with van der Waals surface area (Å²) in [6, 6.07) is 0. The minimum atomic E-state index is -0.507. The largest absolute Gasteiger partial charge is 0.390 e. The SMILES string of the molecule is O=C1C[C@@H](O)[C@H]2O[C@@H]12. The highest BCUT2D eigenvalue weighted by atomic mass is 16.6. The molecule has 1 saturated heterocycles. The number of fused-ring (bicyclic) bond motifs is 1. The van der Waals surface area contributed by atoms with Gasteiger partial charge >= 0.3 is 0 Å². The van der Waals surface area contributed by atoms with Crippen molar-refractivity contribution in [1.82, 2.24) is 0 Å². The van der Waals surface area contributed by atoms with Gasteiger partial charge in [-0.05, 0) is 0 Å². The molecule has 1 saturated carbocycles. The van der Waals surface area contributed by atoms with Crippen LogP contribution >= 0.6 is 0 Å². The summed E-state index contributed by atoms with van der Waals surface area (Å²) in [7, 11) is 0. The summed E-state index contributed by atoms with van der Waals surface area (Å²) < 4.78 is 4.78. The van der Waals surface area contributed by atoms with Gasteiger partial charge in [-0.2, -0.15) is 0 Å². The molecule has 0 aromatic heterocycles. The number of carbonyl (C=O) groups is 1. The van der Waals surface area contributed by atoms with Crippen LogP contribution in [0.3, 0.4) is 0 Å². The van der Waals surface area contributed by atoms with Gasteiger partial charge in [0.2, 0.25) is 0 Å². The second-order valence-electron chi connectivity index (χ2n) is 2.26. The Bertz CT molecular complexity index is 143. The van der Waals surface area contributed by atoms with E-state index in [0.29, 0.717) is 6.42 Å². The van der Waals surface area contributed by atoms with Gasteiger partial charge < -0.3 is 9.84 Å². The first-order chi connectivity index (χ1) is 3.79. The fraction of sp³-hybridized carbons (Fsp3) is 0.800. The van der Waals surface area contributed by atoms with E-state index in [9.17, 15) is 4.79 Å². The Hall–Kier alpha value is -0.410. The molecular weight excluding hydrogens is 108 g/mol. The molecule has 3 nitrogen and oxygen atoms in total. The number of epoxide rings is 1. The summed E-state index contributed by atoms with van der Waals surface area (Å²) in [6.07, 6.45) is -0.574. The van der Waals surface area contributed by atoms with Gasteiger partial charge in [0, 0.05) is 6.42 Å². The molecule has 0 aromatic carbocycles. The van der Waals surface area contributed by atoms with Gasteiger partial charge in [-0.25, -0.2) is 0 Å². The monoisotopic (exact) mass is 114 g/mol. The average molecular weight is 114 g/mol. The first-order valence-corrected chi connectivity index (χ1v) is 2.65. The van der Waals surface area contributed by atoms with E-state index in [1.165, 1.54) is 0 Å². The molecule has 1 heterocycles. The zero-order valence-electron chi connectivity index (χ0n) is 4.20. The highest BCUT2D eigenvalue weighted by Gasteiger charge is 2.55. The normalized spacial score (nSPS) is 51.6. The van der Waals surface area contributed by atoms with Crippen LogP contribution in [-0.2, 0) is 9.53 Å². The van der Waals surface area contributed by atoms with Crippen LogP contribution in [0, 0.1) is 0 Å². The van der Waals surface area contributed by atoms with Crippen molar-refractivity contribution in [2.24, 2.45) is 0 Å². The van der Waals surface area contributed by atoms with E-state index in [1.807, 2.05) is 0 Å². The quantitative estimate of drug-likeness (QED) is 0.415. The Morgan fingerprint density at radius 3 is 2.62 bits per heavy atom. The number of carbonyl (C=O) groups excluding carboxylic acids is 1. The topological polar surface area (TPSA) is 49.8 Å². The molecule has 8 heavy (non-hydrogen) atoms. The molecule has 0 aromatic rings. The molecule has 0 bridgehead atoms. The van der Waals surface area contributed by atoms with E-state index in [4.69, 9.17) is 9.84 Å². The highest BCUT2D eigenvalue weighted by Crippen LogP contribution is 2.35. The summed E-state index contributed by atoms with van der Waals surface area (Å²) in [4.78, 5) is 10.5. The van der Waals surface area contributed by atoms with Gasteiger partial charge in [-0.1, -0.05) is 0 Å². The second kappa shape index (κ2) is 1.11. The van der Waals surface area contributed by atoms with Crippen molar-refractivity contribution in [2.75, 3.05) is 0 Å². The van der Waals surface area contributed by atoms with Crippen molar-refractivity contribution in [3.8, 4) is 0 Å². The minimum Gasteiger partial charge on any atom is -0.390 e. The van der Waals surface area contributed by atoms with Gasteiger partial charge in [-0.15, -0.1) is 0 Å². The Morgan fingerprint density at radius 2 is 2.50 bits per heavy atom. The maximum absolute atomic E-state index is 10.5. The Morgan fingerprint density at radius 1 is 1.75 bits per heavy atom. The van der Waals surface area contributed by atoms with Gasteiger partial charge in [-0.3, -0.25) is 4.79 Å². The number of ether oxygens (including phenoxy) is 1. The third-order valence-electron chi connectivity index (χ3n) is 1.63. The molecule has 0 unspecified atom stereocenters. The van der Waals surface area contributed by atoms with Crippen LogP contribution in [0.1, 0.15) is 6.42 Å². The number of aliphatic hydroxyl groups excluding tert-OH is 1. The van der Waals surface area contributed by atoms with Crippen molar-refractivity contribution in [2.45, 2.75) is 24.7 Å². The smallest absolute Gasteiger partial charge is 0.167 e. The predicted molar refractivity (Wildman–Crippen MR) is 24.3 cm³/mol. The zero-order valence-corrected chi connectivity index (χ0v) is 4.20. The van der Waals surface area contributed by atoms with Gasteiger partial charge in [0.1, 0.15) is 12.2 Å². The number of hydrogen-bond donors (Lipinski definition) is 1. The van der Waals surface area contributed by atoms with Crippen molar-refractivity contribution in [3.63, 3.8) is 0 Å². The number of hydrogen-bond acceptors (Lipinski definition) is 3. The first kappa shape index (κ1) is 4.47. The van der Waals surface area contributed by atoms with Crippen molar-refractivity contribution < 1.29 is 14.6 Å². The molecule has 1 aliphatic carbocycles. The number of rotatable bonds is 0. The van der Waals surface area contributed by atoms with Crippen LogP contribution < -0.4 is 0 Å². The first-order valence-electron chi connectivity index (χ1n) is 2.65. The van der Waals surface area contributed by atoms with Crippen LogP contribution in [0.4, 0.5) is 0 Å².